The van der Waals surface area contributed by atoms with Crippen LogP contribution in [0.5, 0.6) is 0 Å². The summed E-state index contributed by atoms with van der Waals surface area (Å²) in [6.07, 6.45) is 11.8. The lowest BCUT2D eigenvalue weighted by molar-refractivity contribution is -0.146. The highest BCUT2D eigenvalue weighted by molar-refractivity contribution is 7.15. The number of hydrogen-bond donors (Lipinski definition) is 1. The van der Waals surface area contributed by atoms with Gasteiger partial charge >= 0.3 is 18.0 Å². The Hall–Kier alpha value is -2.88. The molecular weight excluding hydrogens is 556 g/mol. The van der Waals surface area contributed by atoms with Crippen LogP contribution in [0.25, 0.3) is 5.57 Å². The van der Waals surface area contributed by atoms with E-state index in [9.17, 15) is 24.3 Å². The molecule has 1 aromatic rings. The lowest BCUT2D eigenvalue weighted by atomic mass is 9.81. The summed E-state index contributed by atoms with van der Waals surface area (Å²) >= 11 is 1.28. The van der Waals surface area contributed by atoms with Gasteiger partial charge in [-0.05, 0) is 101 Å². The van der Waals surface area contributed by atoms with Crippen LogP contribution in [0, 0.1) is 11.8 Å². The summed E-state index contributed by atoms with van der Waals surface area (Å²) in [6, 6.07) is 1.04. The van der Waals surface area contributed by atoms with Crippen LogP contribution in [0.1, 0.15) is 112 Å². The van der Waals surface area contributed by atoms with Gasteiger partial charge in [0, 0.05) is 23.9 Å². The molecule has 1 unspecified atom stereocenters. The zero-order valence-corrected chi connectivity index (χ0v) is 26.2. The highest BCUT2D eigenvalue weighted by Gasteiger charge is 2.39. The smallest absolute Gasteiger partial charge is 0.410 e. The van der Waals surface area contributed by atoms with Crippen LogP contribution in [0.4, 0.5) is 10.5 Å². The van der Waals surface area contributed by atoms with Crippen LogP contribution < -0.4 is 4.90 Å². The number of likely N-dealkylation sites (N-methyl/N-ethyl adjacent to an activating group) is 1. The molecule has 232 valence electrons. The molecule has 4 rings (SSSR count). The molecule has 0 spiro atoms. The Morgan fingerprint density at radius 3 is 2.31 bits per heavy atom. The van der Waals surface area contributed by atoms with E-state index >= 15 is 0 Å². The number of thiophene rings is 1. The minimum Gasteiger partial charge on any atom is -0.477 e. The first-order valence-electron chi connectivity index (χ1n) is 15.5. The predicted molar refractivity (Wildman–Crippen MR) is 163 cm³/mol. The van der Waals surface area contributed by atoms with Crippen molar-refractivity contribution >= 4 is 46.5 Å². The van der Waals surface area contributed by atoms with Gasteiger partial charge in [0.15, 0.2) is 0 Å². The van der Waals surface area contributed by atoms with E-state index in [4.69, 9.17) is 9.47 Å². The van der Waals surface area contributed by atoms with Gasteiger partial charge in [-0.2, -0.15) is 0 Å². The summed E-state index contributed by atoms with van der Waals surface area (Å²) in [5.41, 5.74) is 1.69. The summed E-state index contributed by atoms with van der Waals surface area (Å²) < 4.78 is 10.6. The van der Waals surface area contributed by atoms with Crippen LogP contribution in [0.15, 0.2) is 12.1 Å². The Kier molecular flexibility index (Phi) is 11.1. The molecule has 2 saturated carbocycles. The van der Waals surface area contributed by atoms with E-state index < -0.39 is 24.1 Å². The van der Waals surface area contributed by atoms with Crippen LogP contribution in [-0.4, -0.2) is 66.3 Å². The number of esters is 1. The largest absolute Gasteiger partial charge is 0.477 e. The fourth-order valence-corrected chi connectivity index (χ4v) is 7.70. The van der Waals surface area contributed by atoms with Crippen molar-refractivity contribution in [2.45, 2.75) is 116 Å². The standard InChI is InChI=1S/C32H46N2O7S/c1-5-25(31(38)40-4)33(3)32(39)41-24-17-15-23(16-18-24)34(29(35)22-13-11-20(2)12-14-22)26-19-27(42-28(26)30(36)37)21-9-7-6-8-10-21/h9,19-20,22-25H,5-8,10-18H2,1-4H3,(H,36,37). The second-order valence-electron chi connectivity index (χ2n) is 12.1. The van der Waals surface area contributed by atoms with E-state index in [1.165, 1.54) is 36.0 Å². The van der Waals surface area contributed by atoms with E-state index in [0.717, 1.165) is 56.2 Å². The minimum atomic E-state index is -1.01. The molecule has 3 aliphatic carbocycles. The van der Waals surface area contributed by atoms with Crippen molar-refractivity contribution in [2.75, 3.05) is 19.1 Å². The number of hydrogen-bond acceptors (Lipinski definition) is 7. The Bertz CT molecular complexity index is 1160. The Morgan fingerprint density at radius 2 is 1.74 bits per heavy atom. The van der Waals surface area contributed by atoms with Crippen LogP contribution in [0.2, 0.25) is 0 Å². The number of carbonyl (C=O) groups excluding carboxylic acids is 3. The van der Waals surface area contributed by atoms with Crippen molar-refractivity contribution in [3.63, 3.8) is 0 Å². The molecule has 9 nitrogen and oxygen atoms in total. The van der Waals surface area contributed by atoms with Crippen LogP contribution in [0.3, 0.4) is 0 Å². The molecule has 10 heteroatoms. The van der Waals surface area contributed by atoms with Gasteiger partial charge in [-0.1, -0.05) is 19.9 Å². The Labute approximate surface area is 253 Å². The molecule has 0 aliphatic heterocycles. The first-order chi connectivity index (χ1) is 20.1. The highest BCUT2D eigenvalue weighted by atomic mass is 32.1. The van der Waals surface area contributed by atoms with Crippen molar-refractivity contribution in [1.29, 1.82) is 0 Å². The number of anilines is 1. The second-order valence-corrected chi connectivity index (χ2v) is 13.2. The summed E-state index contributed by atoms with van der Waals surface area (Å²) in [5.74, 6) is -0.989. The maximum Gasteiger partial charge on any atom is 0.410 e. The number of carboxylic acid groups (broad SMARTS) is 1. The number of rotatable bonds is 9. The van der Waals surface area contributed by atoms with Gasteiger partial charge in [-0.3, -0.25) is 9.69 Å². The summed E-state index contributed by atoms with van der Waals surface area (Å²) in [6.45, 7) is 4.03. The molecule has 0 aromatic carbocycles. The molecule has 3 aliphatic rings. The van der Waals surface area contributed by atoms with E-state index in [1.807, 2.05) is 11.0 Å². The van der Waals surface area contributed by atoms with Crippen molar-refractivity contribution in [3.05, 3.63) is 21.9 Å². The topological polar surface area (TPSA) is 113 Å². The zero-order chi connectivity index (χ0) is 30.4. The lowest BCUT2D eigenvalue weighted by Crippen LogP contribution is -2.48. The maximum atomic E-state index is 14.2. The zero-order valence-electron chi connectivity index (χ0n) is 25.4. The first kappa shape index (κ1) is 32.0. The molecule has 0 bridgehead atoms. The van der Waals surface area contributed by atoms with Crippen LogP contribution >= 0.6 is 11.3 Å². The van der Waals surface area contributed by atoms with Crippen molar-refractivity contribution in [2.24, 2.45) is 11.8 Å². The Balaban J connectivity index is 1.54. The molecule has 0 radical (unpaired) electrons. The average Bonchev–Trinajstić information content (AvgIpc) is 3.44. The third-order valence-corrected chi connectivity index (χ3v) is 10.5. The molecule has 2 fully saturated rings. The van der Waals surface area contributed by atoms with E-state index in [1.54, 1.807) is 6.92 Å². The molecule has 1 heterocycles. The van der Waals surface area contributed by atoms with Gasteiger partial charge in [-0.15, -0.1) is 11.3 Å². The summed E-state index contributed by atoms with van der Waals surface area (Å²) in [4.78, 5) is 55.9. The lowest BCUT2D eigenvalue weighted by Gasteiger charge is -2.39. The number of carbonyl (C=O) groups is 4. The van der Waals surface area contributed by atoms with E-state index in [2.05, 4.69) is 13.0 Å². The molecule has 2 amide bonds. The van der Waals surface area contributed by atoms with Gasteiger partial charge in [0.05, 0.1) is 12.8 Å². The first-order valence-corrected chi connectivity index (χ1v) is 16.4. The second kappa shape index (κ2) is 14.5. The number of allylic oxidation sites excluding steroid dienone is 2. The normalized spacial score (nSPS) is 25.1. The average molecular weight is 603 g/mol. The molecule has 1 N–H and O–H groups in total. The number of ether oxygens (including phenoxy) is 2. The fraction of sp³-hybridized carbons (Fsp3) is 0.688. The van der Waals surface area contributed by atoms with Crippen LogP contribution in [-0.2, 0) is 19.1 Å². The fourth-order valence-electron chi connectivity index (χ4n) is 6.64. The number of amides is 2. The van der Waals surface area contributed by atoms with Crippen molar-refractivity contribution in [3.8, 4) is 0 Å². The van der Waals surface area contributed by atoms with Crippen molar-refractivity contribution in [1.82, 2.24) is 4.90 Å². The number of methoxy groups -OCH3 is 1. The number of carboxylic acids is 1. The highest BCUT2D eigenvalue weighted by Crippen LogP contribution is 2.42. The number of aromatic carboxylic acids is 1. The van der Waals surface area contributed by atoms with Gasteiger partial charge in [-0.25, -0.2) is 14.4 Å². The molecule has 1 aromatic heterocycles. The third-order valence-electron chi connectivity index (χ3n) is 9.27. The van der Waals surface area contributed by atoms with E-state index in [0.29, 0.717) is 43.7 Å². The van der Waals surface area contributed by atoms with Crippen molar-refractivity contribution < 1.29 is 33.8 Å². The third kappa shape index (κ3) is 7.36. The van der Waals surface area contributed by atoms with Gasteiger partial charge in [0.1, 0.15) is 17.0 Å². The monoisotopic (exact) mass is 602 g/mol. The molecule has 1 atom stereocenters. The predicted octanol–water partition coefficient (Wildman–Crippen LogP) is 6.89. The quantitative estimate of drug-likeness (QED) is 0.306. The number of nitrogens with zero attached hydrogens (tertiary/aromatic N) is 2. The molecular formula is C32H46N2O7S. The van der Waals surface area contributed by atoms with Gasteiger partial charge in [0.25, 0.3) is 0 Å². The minimum absolute atomic E-state index is 0.0235. The SMILES string of the molecule is CCC(C(=O)OC)N(C)C(=O)OC1CCC(N(C(=O)C2CCC(C)CC2)c2cc(C3=CCCCC3)sc2C(=O)O)CC1. The maximum absolute atomic E-state index is 14.2. The van der Waals surface area contributed by atoms with E-state index in [-0.39, 0.29) is 28.8 Å². The van der Waals surface area contributed by atoms with Gasteiger partial charge in [0.2, 0.25) is 5.91 Å². The molecule has 0 saturated heterocycles. The summed E-state index contributed by atoms with van der Waals surface area (Å²) in [7, 11) is 2.83. The Morgan fingerprint density at radius 1 is 1.05 bits per heavy atom. The molecule has 42 heavy (non-hydrogen) atoms. The summed E-state index contributed by atoms with van der Waals surface area (Å²) in [5, 5.41) is 10.2. The van der Waals surface area contributed by atoms with Gasteiger partial charge < -0.3 is 19.5 Å².